The maximum absolute atomic E-state index is 11.9. The lowest BCUT2D eigenvalue weighted by Gasteiger charge is -2.49. The third-order valence-electron chi connectivity index (χ3n) is 6.16. The van der Waals surface area contributed by atoms with Crippen molar-refractivity contribution in [1.82, 2.24) is 15.3 Å². The Morgan fingerprint density at radius 1 is 1.20 bits per heavy atom. The van der Waals surface area contributed by atoms with Crippen molar-refractivity contribution >= 4 is 12.1 Å². The molecule has 2 unspecified atom stereocenters. The molecule has 8 nitrogen and oxygen atoms in total. The number of carboxylic acids is 1. The molecule has 1 heterocycles. The van der Waals surface area contributed by atoms with E-state index in [-0.39, 0.29) is 18.8 Å². The van der Waals surface area contributed by atoms with Gasteiger partial charge >= 0.3 is 12.1 Å². The summed E-state index contributed by atoms with van der Waals surface area (Å²) >= 11 is 0. The van der Waals surface area contributed by atoms with Crippen molar-refractivity contribution in [3.8, 4) is 11.3 Å². The van der Waals surface area contributed by atoms with Crippen LogP contribution in [0.4, 0.5) is 4.79 Å². The second-order valence-corrected chi connectivity index (χ2v) is 7.73. The van der Waals surface area contributed by atoms with Gasteiger partial charge in [0.05, 0.1) is 29.9 Å². The fourth-order valence-electron chi connectivity index (χ4n) is 4.55. The van der Waals surface area contributed by atoms with Crippen LogP contribution < -0.4 is 5.32 Å². The van der Waals surface area contributed by atoms with E-state index in [2.05, 4.69) is 15.3 Å². The first-order chi connectivity index (χ1) is 14.4. The molecule has 0 aliphatic heterocycles. The molecule has 0 saturated heterocycles. The summed E-state index contributed by atoms with van der Waals surface area (Å²) in [5, 5.41) is 24.1. The summed E-state index contributed by atoms with van der Waals surface area (Å²) in [5.41, 5.74) is -1.05. The lowest BCUT2D eigenvalue weighted by atomic mass is 9.61. The van der Waals surface area contributed by atoms with Crippen LogP contribution in [0.15, 0.2) is 30.3 Å². The van der Waals surface area contributed by atoms with Crippen LogP contribution in [0.25, 0.3) is 11.3 Å². The van der Waals surface area contributed by atoms with Gasteiger partial charge in [0.15, 0.2) is 5.69 Å². The third-order valence-corrected chi connectivity index (χ3v) is 6.16. The number of imidazole rings is 1. The fourth-order valence-corrected chi connectivity index (χ4v) is 4.55. The number of carbonyl (C=O) groups is 2. The van der Waals surface area contributed by atoms with Gasteiger partial charge in [-0.15, -0.1) is 0 Å². The summed E-state index contributed by atoms with van der Waals surface area (Å²) in [5.74, 6) is -0.694. The Balaban J connectivity index is 2.05. The highest BCUT2D eigenvalue weighted by molar-refractivity contribution is 5.93. The first-order valence-corrected chi connectivity index (χ1v) is 10.4. The van der Waals surface area contributed by atoms with Gasteiger partial charge in [-0.3, -0.25) is 0 Å². The van der Waals surface area contributed by atoms with E-state index in [4.69, 9.17) is 4.74 Å². The van der Waals surface area contributed by atoms with Crippen molar-refractivity contribution in [1.29, 1.82) is 0 Å². The third kappa shape index (κ3) is 3.92. The molecule has 2 atom stereocenters. The van der Waals surface area contributed by atoms with E-state index < -0.39 is 23.1 Å². The molecule has 1 fully saturated rings. The van der Waals surface area contributed by atoms with E-state index in [0.717, 1.165) is 12.8 Å². The topological polar surface area (TPSA) is 125 Å². The summed E-state index contributed by atoms with van der Waals surface area (Å²) in [6.45, 7) is 3.91. The number of hydrogen-bond donors (Lipinski definition) is 4. The molecule has 1 aliphatic carbocycles. The summed E-state index contributed by atoms with van der Waals surface area (Å²) in [6, 6.07) is 9.15. The minimum Gasteiger partial charge on any atom is -0.476 e. The number of alkyl carbamates (subject to hydrolysis) is 1. The molecule has 162 valence electrons. The number of hydrogen-bond acceptors (Lipinski definition) is 5. The predicted molar refractivity (Wildman–Crippen MR) is 111 cm³/mol. The molecule has 0 radical (unpaired) electrons. The monoisotopic (exact) mass is 415 g/mol. The Hall–Kier alpha value is -2.87. The second kappa shape index (κ2) is 8.87. The number of aliphatic hydroxyl groups is 1. The fraction of sp³-hybridized carbons (Fsp3) is 0.500. The zero-order chi connectivity index (χ0) is 21.8. The smallest absolute Gasteiger partial charge is 0.407 e. The van der Waals surface area contributed by atoms with E-state index in [1.165, 1.54) is 0 Å². The predicted octanol–water partition coefficient (Wildman–Crippen LogP) is 3.47. The van der Waals surface area contributed by atoms with E-state index >= 15 is 0 Å². The Bertz CT molecular complexity index is 897. The standard InChI is InChI=1S/C22H29N3O5/c1-3-21(12-8-9-13-22(21,29)14-23-20(28)30-4-2)19-24-16(17(25-19)18(26)27)15-10-6-5-7-11-15/h5-7,10-11,29H,3-4,8-9,12-14H2,1-2H3,(H,23,28)(H,24,25)(H,26,27). The SMILES string of the molecule is CCOC(=O)NCC1(O)CCCCC1(CC)c1nc(C(=O)O)c(-c2ccccc2)[nH]1. The van der Waals surface area contributed by atoms with E-state index in [1.807, 2.05) is 37.3 Å². The molecule has 2 aromatic rings. The number of nitrogens with one attached hydrogen (secondary N) is 2. The minimum atomic E-state index is -1.28. The highest BCUT2D eigenvalue weighted by Gasteiger charge is 2.54. The zero-order valence-electron chi connectivity index (χ0n) is 17.4. The quantitative estimate of drug-likeness (QED) is 0.549. The average Bonchev–Trinajstić information content (AvgIpc) is 3.20. The number of benzene rings is 1. The zero-order valence-corrected chi connectivity index (χ0v) is 17.4. The maximum Gasteiger partial charge on any atom is 0.407 e. The molecule has 8 heteroatoms. The van der Waals surface area contributed by atoms with Crippen LogP contribution in [0.2, 0.25) is 0 Å². The Morgan fingerprint density at radius 2 is 1.90 bits per heavy atom. The number of aromatic nitrogens is 2. The number of aromatic carboxylic acids is 1. The summed E-state index contributed by atoms with van der Waals surface area (Å²) < 4.78 is 4.94. The van der Waals surface area contributed by atoms with Gasteiger partial charge in [-0.25, -0.2) is 14.6 Å². The van der Waals surface area contributed by atoms with Crippen molar-refractivity contribution in [2.24, 2.45) is 0 Å². The lowest BCUT2D eigenvalue weighted by molar-refractivity contribution is -0.0737. The minimum absolute atomic E-state index is 0.00342. The first kappa shape index (κ1) is 21.8. The Kier molecular flexibility index (Phi) is 6.45. The van der Waals surface area contributed by atoms with Gasteiger partial charge in [0.2, 0.25) is 0 Å². The van der Waals surface area contributed by atoms with Crippen molar-refractivity contribution in [2.45, 2.75) is 57.0 Å². The highest BCUT2D eigenvalue weighted by Crippen LogP contribution is 2.48. The van der Waals surface area contributed by atoms with E-state index in [0.29, 0.717) is 36.3 Å². The lowest BCUT2D eigenvalue weighted by Crippen LogP contribution is -2.60. The second-order valence-electron chi connectivity index (χ2n) is 7.73. The Morgan fingerprint density at radius 3 is 2.53 bits per heavy atom. The highest BCUT2D eigenvalue weighted by atomic mass is 16.5. The molecule has 1 aromatic heterocycles. The number of amides is 1. The number of ether oxygens (including phenoxy) is 1. The number of carboxylic acid groups (broad SMARTS) is 1. The van der Waals surface area contributed by atoms with Gasteiger partial charge in [-0.1, -0.05) is 50.1 Å². The van der Waals surface area contributed by atoms with Gasteiger partial charge in [0, 0.05) is 5.56 Å². The van der Waals surface area contributed by atoms with Gasteiger partial charge in [0.1, 0.15) is 5.82 Å². The van der Waals surface area contributed by atoms with Crippen LogP contribution in [0, 0.1) is 0 Å². The van der Waals surface area contributed by atoms with Crippen molar-refractivity contribution in [3.63, 3.8) is 0 Å². The van der Waals surface area contributed by atoms with E-state index in [1.54, 1.807) is 6.92 Å². The van der Waals surface area contributed by atoms with Crippen molar-refractivity contribution in [2.75, 3.05) is 13.2 Å². The molecule has 30 heavy (non-hydrogen) atoms. The number of aromatic amines is 1. The summed E-state index contributed by atoms with van der Waals surface area (Å²) in [4.78, 5) is 31.4. The molecule has 3 rings (SSSR count). The molecule has 1 aliphatic rings. The first-order valence-electron chi connectivity index (χ1n) is 10.4. The van der Waals surface area contributed by atoms with Crippen molar-refractivity contribution < 1.29 is 24.5 Å². The number of H-pyrrole nitrogens is 1. The van der Waals surface area contributed by atoms with E-state index in [9.17, 15) is 19.8 Å². The van der Waals surface area contributed by atoms with Gasteiger partial charge in [0.25, 0.3) is 0 Å². The van der Waals surface area contributed by atoms with Crippen LogP contribution in [0.3, 0.4) is 0 Å². The number of rotatable bonds is 7. The van der Waals surface area contributed by atoms with Crippen LogP contribution in [-0.2, 0) is 10.2 Å². The van der Waals surface area contributed by atoms with Crippen LogP contribution >= 0.6 is 0 Å². The molecule has 4 N–H and O–H groups in total. The summed E-state index contributed by atoms with van der Waals surface area (Å²) in [7, 11) is 0. The normalized spacial score (nSPS) is 23.7. The van der Waals surface area contributed by atoms with Gasteiger partial charge < -0.3 is 25.3 Å². The number of nitrogens with zero attached hydrogens (tertiary/aromatic N) is 1. The van der Waals surface area contributed by atoms with Gasteiger partial charge in [-0.05, 0) is 26.2 Å². The molecular weight excluding hydrogens is 386 g/mol. The molecule has 0 spiro atoms. The van der Waals surface area contributed by atoms with Crippen LogP contribution in [-0.4, -0.2) is 51.0 Å². The largest absolute Gasteiger partial charge is 0.476 e. The molecule has 1 amide bonds. The average molecular weight is 415 g/mol. The molecule has 1 saturated carbocycles. The summed E-state index contributed by atoms with van der Waals surface area (Å²) in [6.07, 6.45) is 2.73. The molecule has 1 aromatic carbocycles. The number of carbonyl (C=O) groups excluding carboxylic acids is 1. The molecule has 0 bridgehead atoms. The van der Waals surface area contributed by atoms with Crippen LogP contribution in [0.1, 0.15) is 62.3 Å². The van der Waals surface area contributed by atoms with Gasteiger partial charge in [-0.2, -0.15) is 0 Å². The molecular formula is C22H29N3O5. The maximum atomic E-state index is 11.9. The Labute approximate surface area is 175 Å². The van der Waals surface area contributed by atoms with Crippen LogP contribution in [0.5, 0.6) is 0 Å². The van der Waals surface area contributed by atoms with Crippen molar-refractivity contribution in [3.05, 3.63) is 41.9 Å².